The van der Waals surface area contributed by atoms with E-state index in [-0.39, 0.29) is 35.8 Å². The fourth-order valence-electron chi connectivity index (χ4n) is 2.58. The smallest absolute Gasteiger partial charge is 0.226 e. The molecule has 0 aliphatic rings. The maximum absolute atomic E-state index is 11.8. The molecular weight excluding hydrogens is 495 g/mol. The Bertz CT molecular complexity index is 839. The van der Waals surface area contributed by atoms with Gasteiger partial charge < -0.3 is 25.4 Å². The molecule has 0 saturated carbocycles. The summed E-state index contributed by atoms with van der Waals surface area (Å²) in [7, 11) is 4.99. The highest BCUT2D eigenvalue weighted by Gasteiger charge is 2.08. The van der Waals surface area contributed by atoms with E-state index in [1.165, 1.54) is 0 Å². The van der Waals surface area contributed by atoms with Gasteiger partial charge >= 0.3 is 0 Å². The summed E-state index contributed by atoms with van der Waals surface area (Å²) in [6.45, 7) is 4.91. The number of carbonyl (C=O) groups is 1. The summed E-state index contributed by atoms with van der Waals surface area (Å²) in [5, 5.41) is 9.45. The third-order valence-corrected chi connectivity index (χ3v) is 4.37. The summed E-state index contributed by atoms with van der Waals surface area (Å²) in [5.41, 5.74) is 2.88. The van der Waals surface area contributed by atoms with Crippen molar-refractivity contribution >= 4 is 41.5 Å². The first kappa shape index (κ1) is 25.5. The number of benzene rings is 2. The van der Waals surface area contributed by atoms with E-state index in [1.807, 2.05) is 56.3 Å². The maximum atomic E-state index is 11.8. The molecule has 2 aromatic rings. The molecule has 3 N–H and O–H groups in total. The zero-order valence-electron chi connectivity index (χ0n) is 18.1. The highest BCUT2D eigenvalue weighted by molar-refractivity contribution is 14.0. The molecule has 164 valence electrons. The Balaban J connectivity index is 0.00000450. The van der Waals surface area contributed by atoms with Crippen LogP contribution in [-0.2, 0) is 17.9 Å². The lowest BCUT2D eigenvalue weighted by Crippen LogP contribution is -2.36. The van der Waals surface area contributed by atoms with Crippen LogP contribution in [0.4, 0.5) is 5.69 Å². The fourth-order valence-corrected chi connectivity index (χ4v) is 2.58. The van der Waals surface area contributed by atoms with Crippen LogP contribution in [0, 0.1) is 5.92 Å². The van der Waals surface area contributed by atoms with Gasteiger partial charge in [0.2, 0.25) is 5.91 Å². The molecule has 0 fully saturated rings. The minimum atomic E-state index is -0.0462. The van der Waals surface area contributed by atoms with Crippen LogP contribution in [0.3, 0.4) is 0 Å². The molecule has 7 nitrogen and oxygen atoms in total. The van der Waals surface area contributed by atoms with Crippen LogP contribution in [0.2, 0.25) is 0 Å². The van der Waals surface area contributed by atoms with Crippen LogP contribution in [0.25, 0.3) is 0 Å². The Hall–Kier alpha value is -2.49. The van der Waals surface area contributed by atoms with E-state index < -0.39 is 0 Å². The molecule has 2 aromatic carbocycles. The van der Waals surface area contributed by atoms with E-state index in [9.17, 15) is 4.79 Å². The van der Waals surface area contributed by atoms with Crippen molar-refractivity contribution in [3.05, 3.63) is 53.6 Å². The average Bonchev–Trinajstić information content (AvgIpc) is 2.74. The third kappa shape index (κ3) is 7.74. The molecule has 0 aromatic heterocycles. The van der Waals surface area contributed by atoms with Gasteiger partial charge in [-0.3, -0.25) is 9.79 Å². The van der Waals surface area contributed by atoms with Crippen molar-refractivity contribution in [1.29, 1.82) is 0 Å². The zero-order chi connectivity index (χ0) is 21.2. The second-order valence-electron chi connectivity index (χ2n) is 6.80. The molecule has 0 radical (unpaired) electrons. The van der Waals surface area contributed by atoms with Crippen molar-refractivity contribution in [2.24, 2.45) is 10.9 Å². The predicted molar refractivity (Wildman–Crippen MR) is 132 cm³/mol. The second-order valence-corrected chi connectivity index (χ2v) is 6.80. The van der Waals surface area contributed by atoms with Gasteiger partial charge in [0.05, 0.1) is 14.2 Å². The molecule has 0 heterocycles. The lowest BCUT2D eigenvalue weighted by molar-refractivity contribution is -0.118. The van der Waals surface area contributed by atoms with Gasteiger partial charge in [-0.25, -0.2) is 0 Å². The van der Waals surface area contributed by atoms with Crippen LogP contribution >= 0.6 is 24.0 Å². The standard InChI is InChI=1S/C22H30N4O3.HI/c1-15(2)21(27)26-18-9-6-16(7-10-18)13-24-22(23-3)25-14-17-8-11-19(28-4)12-20(17)29-5;/h6-12,15H,13-14H2,1-5H3,(H,26,27)(H2,23,24,25);1H. The van der Waals surface area contributed by atoms with E-state index >= 15 is 0 Å². The number of ether oxygens (including phenoxy) is 2. The van der Waals surface area contributed by atoms with E-state index in [0.29, 0.717) is 19.0 Å². The molecule has 30 heavy (non-hydrogen) atoms. The molecule has 0 spiro atoms. The molecular formula is C22H31IN4O3. The van der Waals surface area contributed by atoms with Gasteiger partial charge in [0.15, 0.2) is 5.96 Å². The quantitative estimate of drug-likeness (QED) is 0.277. The number of methoxy groups -OCH3 is 2. The lowest BCUT2D eigenvalue weighted by atomic mass is 10.1. The molecule has 1 amide bonds. The number of carbonyl (C=O) groups excluding carboxylic acids is 1. The second kappa shape index (κ2) is 12.9. The largest absolute Gasteiger partial charge is 0.497 e. The molecule has 0 atom stereocenters. The predicted octanol–water partition coefficient (Wildman–Crippen LogP) is 3.78. The Morgan fingerprint density at radius 3 is 2.23 bits per heavy atom. The normalized spacial score (nSPS) is 10.8. The van der Waals surface area contributed by atoms with Crippen molar-refractivity contribution in [3.63, 3.8) is 0 Å². The van der Waals surface area contributed by atoms with Gasteiger partial charge in [0.25, 0.3) is 0 Å². The number of hydrogen-bond donors (Lipinski definition) is 3. The van der Waals surface area contributed by atoms with E-state index in [4.69, 9.17) is 9.47 Å². The van der Waals surface area contributed by atoms with Gasteiger partial charge in [-0.2, -0.15) is 0 Å². The van der Waals surface area contributed by atoms with Crippen LogP contribution in [0.5, 0.6) is 11.5 Å². The van der Waals surface area contributed by atoms with E-state index in [0.717, 1.165) is 28.3 Å². The van der Waals surface area contributed by atoms with E-state index in [1.54, 1.807) is 21.3 Å². The fraction of sp³-hybridized carbons (Fsp3) is 0.364. The molecule has 0 unspecified atom stereocenters. The Morgan fingerprint density at radius 1 is 1.00 bits per heavy atom. The number of guanidine groups is 1. The third-order valence-electron chi connectivity index (χ3n) is 4.37. The average molecular weight is 526 g/mol. The van der Waals surface area contributed by atoms with Crippen molar-refractivity contribution < 1.29 is 14.3 Å². The van der Waals surface area contributed by atoms with Crippen LogP contribution in [-0.4, -0.2) is 33.1 Å². The molecule has 0 aliphatic heterocycles. The number of amides is 1. The highest BCUT2D eigenvalue weighted by atomic mass is 127. The van der Waals surface area contributed by atoms with Gasteiger partial charge in [-0.1, -0.05) is 26.0 Å². The summed E-state index contributed by atoms with van der Waals surface area (Å²) in [5.74, 6) is 2.15. The van der Waals surface area contributed by atoms with Gasteiger partial charge in [0.1, 0.15) is 11.5 Å². The maximum Gasteiger partial charge on any atom is 0.226 e. The van der Waals surface area contributed by atoms with Crippen LogP contribution in [0.1, 0.15) is 25.0 Å². The van der Waals surface area contributed by atoms with Gasteiger partial charge in [0, 0.05) is 43.4 Å². The molecule has 0 bridgehead atoms. The monoisotopic (exact) mass is 526 g/mol. The van der Waals surface area contributed by atoms with Crippen LogP contribution < -0.4 is 25.4 Å². The number of halogens is 1. The first-order valence-corrected chi connectivity index (χ1v) is 9.52. The molecule has 2 rings (SSSR count). The van der Waals surface area contributed by atoms with Crippen molar-refractivity contribution in [2.75, 3.05) is 26.6 Å². The number of aliphatic imine (C=N–C) groups is 1. The van der Waals surface area contributed by atoms with Crippen molar-refractivity contribution in [3.8, 4) is 11.5 Å². The van der Waals surface area contributed by atoms with Gasteiger partial charge in [-0.15, -0.1) is 24.0 Å². The number of nitrogens with zero attached hydrogens (tertiary/aromatic N) is 1. The summed E-state index contributed by atoms with van der Waals surface area (Å²) < 4.78 is 10.7. The Labute approximate surface area is 195 Å². The van der Waals surface area contributed by atoms with Crippen molar-refractivity contribution in [2.45, 2.75) is 26.9 Å². The topological polar surface area (TPSA) is 84.0 Å². The number of nitrogens with one attached hydrogen (secondary N) is 3. The Morgan fingerprint density at radius 2 is 1.67 bits per heavy atom. The van der Waals surface area contributed by atoms with Crippen molar-refractivity contribution in [1.82, 2.24) is 10.6 Å². The van der Waals surface area contributed by atoms with Crippen LogP contribution in [0.15, 0.2) is 47.5 Å². The first-order valence-electron chi connectivity index (χ1n) is 9.52. The summed E-state index contributed by atoms with van der Waals surface area (Å²) >= 11 is 0. The number of anilines is 1. The highest BCUT2D eigenvalue weighted by Crippen LogP contribution is 2.24. The SMILES string of the molecule is CN=C(NCc1ccc(NC(=O)C(C)C)cc1)NCc1ccc(OC)cc1OC.I. The lowest BCUT2D eigenvalue weighted by Gasteiger charge is -2.15. The minimum absolute atomic E-state index is 0. The number of hydrogen-bond acceptors (Lipinski definition) is 4. The molecule has 0 saturated heterocycles. The summed E-state index contributed by atoms with van der Waals surface area (Å²) in [6.07, 6.45) is 0. The number of rotatable bonds is 8. The first-order chi connectivity index (χ1) is 14.0. The molecule has 8 heteroatoms. The van der Waals surface area contributed by atoms with E-state index in [2.05, 4.69) is 20.9 Å². The summed E-state index contributed by atoms with van der Waals surface area (Å²) in [4.78, 5) is 16.0. The summed E-state index contributed by atoms with van der Waals surface area (Å²) in [6, 6.07) is 13.5. The Kier molecular flexibility index (Phi) is 11.0. The molecule has 0 aliphatic carbocycles. The zero-order valence-corrected chi connectivity index (χ0v) is 20.4. The minimum Gasteiger partial charge on any atom is -0.497 e. The van der Waals surface area contributed by atoms with Gasteiger partial charge in [-0.05, 0) is 29.8 Å².